The van der Waals surface area contributed by atoms with Gasteiger partial charge in [0.2, 0.25) is 0 Å². The van der Waals surface area contributed by atoms with Crippen molar-refractivity contribution in [1.29, 1.82) is 0 Å². The zero-order valence-corrected chi connectivity index (χ0v) is 14.1. The van der Waals surface area contributed by atoms with E-state index in [9.17, 15) is 4.39 Å². The Bertz CT molecular complexity index is 636. The summed E-state index contributed by atoms with van der Waals surface area (Å²) < 4.78 is 20.2. The third kappa shape index (κ3) is 3.96. The normalized spacial score (nSPS) is 12.2. The number of likely N-dealkylation sites (N-methyl/N-ethyl adjacent to an activating group) is 1. The Morgan fingerprint density at radius 1 is 1.29 bits per heavy atom. The van der Waals surface area contributed by atoms with E-state index in [4.69, 9.17) is 16.3 Å². The zero-order valence-electron chi connectivity index (χ0n) is 11.8. The molecule has 0 spiro atoms. The molecule has 1 unspecified atom stereocenters. The summed E-state index contributed by atoms with van der Waals surface area (Å²) in [5, 5.41) is 3.78. The highest BCUT2D eigenvalue weighted by molar-refractivity contribution is 9.10. The quantitative estimate of drug-likeness (QED) is 0.817. The van der Waals surface area contributed by atoms with Crippen LogP contribution in [0.5, 0.6) is 5.75 Å². The van der Waals surface area contributed by atoms with Gasteiger partial charge in [-0.25, -0.2) is 4.39 Å². The largest absolute Gasteiger partial charge is 0.496 e. The minimum absolute atomic E-state index is 0.162. The summed E-state index contributed by atoms with van der Waals surface area (Å²) >= 11 is 9.31. The molecule has 0 heterocycles. The molecule has 112 valence electrons. The summed E-state index contributed by atoms with van der Waals surface area (Å²) in [5.74, 6) is 0.502. The van der Waals surface area contributed by atoms with Gasteiger partial charge in [-0.1, -0.05) is 33.6 Å². The van der Waals surface area contributed by atoms with Gasteiger partial charge in [0.1, 0.15) is 11.6 Å². The summed E-state index contributed by atoms with van der Waals surface area (Å²) in [6.45, 7) is 0. The van der Waals surface area contributed by atoms with E-state index in [0.29, 0.717) is 17.0 Å². The van der Waals surface area contributed by atoms with Crippen molar-refractivity contribution in [3.8, 4) is 5.75 Å². The standard InChI is InChI=1S/C16H16BrClFNO/c1-20-15(13-5-3-11(17)9-14(13)19)8-10-7-12(18)4-6-16(10)21-2/h3-7,9,15,20H,8H2,1-2H3. The highest BCUT2D eigenvalue weighted by atomic mass is 79.9. The predicted octanol–water partition coefficient (Wildman–Crippen LogP) is 4.75. The lowest BCUT2D eigenvalue weighted by molar-refractivity contribution is 0.406. The zero-order chi connectivity index (χ0) is 15.4. The Hall–Kier alpha value is -1.10. The van der Waals surface area contributed by atoms with Crippen LogP contribution in [0.15, 0.2) is 40.9 Å². The average molecular weight is 373 g/mol. The van der Waals surface area contributed by atoms with Gasteiger partial charge in [0.15, 0.2) is 0 Å². The van der Waals surface area contributed by atoms with E-state index < -0.39 is 0 Å². The van der Waals surface area contributed by atoms with Crippen molar-refractivity contribution < 1.29 is 9.13 Å². The summed E-state index contributed by atoms with van der Waals surface area (Å²) in [6, 6.07) is 10.4. The van der Waals surface area contributed by atoms with Gasteiger partial charge < -0.3 is 10.1 Å². The molecule has 2 rings (SSSR count). The Balaban J connectivity index is 2.33. The van der Waals surface area contributed by atoms with E-state index in [1.807, 2.05) is 25.2 Å². The molecule has 1 atom stereocenters. The van der Waals surface area contributed by atoms with E-state index in [0.717, 1.165) is 15.8 Å². The van der Waals surface area contributed by atoms with Crippen LogP contribution >= 0.6 is 27.5 Å². The van der Waals surface area contributed by atoms with E-state index in [1.54, 1.807) is 19.2 Å². The van der Waals surface area contributed by atoms with E-state index in [1.165, 1.54) is 6.07 Å². The van der Waals surface area contributed by atoms with Gasteiger partial charge in [-0.2, -0.15) is 0 Å². The predicted molar refractivity (Wildman–Crippen MR) is 87.6 cm³/mol. The fourth-order valence-electron chi connectivity index (χ4n) is 2.28. The highest BCUT2D eigenvalue weighted by Crippen LogP contribution is 2.29. The molecule has 1 N–H and O–H groups in total. The topological polar surface area (TPSA) is 21.3 Å². The first-order valence-corrected chi connectivity index (χ1v) is 7.67. The molecule has 0 bridgehead atoms. The minimum Gasteiger partial charge on any atom is -0.496 e. The molecule has 0 saturated heterocycles. The molecule has 2 aromatic rings. The molecule has 0 aliphatic carbocycles. The maximum absolute atomic E-state index is 14.1. The van der Waals surface area contributed by atoms with Crippen molar-refractivity contribution in [3.05, 3.63) is 62.8 Å². The fraction of sp³-hybridized carbons (Fsp3) is 0.250. The van der Waals surface area contributed by atoms with Crippen LogP contribution < -0.4 is 10.1 Å². The molecule has 0 saturated carbocycles. The van der Waals surface area contributed by atoms with Crippen molar-refractivity contribution in [2.24, 2.45) is 0 Å². The molecule has 0 aromatic heterocycles. The van der Waals surface area contributed by atoms with E-state index >= 15 is 0 Å². The molecule has 0 radical (unpaired) electrons. The van der Waals surface area contributed by atoms with Crippen LogP contribution in [0.25, 0.3) is 0 Å². The first kappa shape index (κ1) is 16.3. The maximum Gasteiger partial charge on any atom is 0.129 e. The minimum atomic E-state index is -0.246. The van der Waals surface area contributed by atoms with Crippen LogP contribution in [-0.2, 0) is 6.42 Å². The Labute approximate surface area is 137 Å². The van der Waals surface area contributed by atoms with Gasteiger partial charge in [0, 0.05) is 21.1 Å². The van der Waals surface area contributed by atoms with E-state index in [2.05, 4.69) is 21.2 Å². The molecule has 0 fully saturated rings. The SMILES string of the molecule is CNC(Cc1cc(Cl)ccc1OC)c1ccc(Br)cc1F. The summed E-state index contributed by atoms with van der Waals surface area (Å²) in [7, 11) is 3.42. The molecule has 2 aromatic carbocycles. The smallest absolute Gasteiger partial charge is 0.129 e. The van der Waals surface area contributed by atoms with E-state index in [-0.39, 0.29) is 11.9 Å². The Morgan fingerprint density at radius 3 is 2.67 bits per heavy atom. The summed E-state index contributed by atoms with van der Waals surface area (Å²) in [5.41, 5.74) is 1.55. The molecule has 0 aliphatic rings. The van der Waals surface area contributed by atoms with Gasteiger partial charge in [0.25, 0.3) is 0 Å². The molecule has 0 aliphatic heterocycles. The lowest BCUT2D eigenvalue weighted by atomic mass is 9.98. The number of hydrogen-bond donors (Lipinski definition) is 1. The Morgan fingerprint density at radius 2 is 2.05 bits per heavy atom. The molecule has 5 heteroatoms. The molecular weight excluding hydrogens is 357 g/mol. The van der Waals surface area contributed by atoms with Gasteiger partial charge >= 0.3 is 0 Å². The van der Waals surface area contributed by atoms with Crippen LogP contribution in [0.1, 0.15) is 17.2 Å². The fourth-order valence-corrected chi connectivity index (χ4v) is 2.81. The number of ether oxygens (including phenoxy) is 1. The molecule has 0 amide bonds. The van der Waals surface area contributed by atoms with Crippen molar-refractivity contribution in [3.63, 3.8) is 0 Å². The number of rotatable bonds is 5. The maximum atomic E-state index is 14.1. The van der Waals surface area contributed by atoms with Crippen molar-refractivity contribution >= 4 is 27.5 Å². The highest BCUT2D eigenvalue weighted by Gasteiger charge is 2.17. The second-order valence-electron chi connectivity index (χ2n) is 4.67. The van der Waals surface area contributed by atoms with Gasteiger partial charge in [-0.15, -0.1) is 0 Å². The number of methoxy groups -OCH3 is 1. The molecule has 2 nitrogen and oxygen atoms in total. The van der Waals surface area contributed by atoms with Gasteiger partial charge in [0.05, 0.1) is 7.11 Å². The monoisotopic (exact) mass is 371 g/mol. The van der Waals surface area contributed by atoms with Crippen molar-refractivity contribution in [1.82, 2.24) is 5.32 Å². The second kappa shape index (κ2) is 7.25. The van der Waals surface area contributed by atoms with Gasteiger partial charge in [-0.3, -0.25) is 0 Å². The molecule has 21 heavy (non-hydrogen) atoms. The third-order valence-electron chi connectivity index (χ3n) is 3.35. The first-order chi connectivity index (χ1) is 10.0. The summed E-state index contributed by atoms with van der Waals surface area (Å²) in [6.07, 6.45) is 0.582. The first-order valence-electron chi connectivity index (χ1n) is 6.49. The lowest BCUT2D eigenvalue weighted by Gasteiger charge is -2.19. The third-order valence-corrected chi connectivity index (χ3v) is 4.08. The molecular formula is C16H16BrClFNO. The number of hydrogen-bond acceptors (Lipinski definition) is 2. The van der Waals surface area contributed by atoms with Crippen LogP contribution in [0.4, 0.5) is 4.39 Å². The summed E-state index contributed by atoms with van der Waals surface area (Å²) in [4.78, 5) is 0. The van der Waals surface area contributed by atoms with Crippen LogP contribution in [-0.4, -0.2) is 14.2 Å². The van der Waals surface area contributed by atoms with Gasteiger partial charge in [-0.05, 0) is 49.4 Å². The number of benzene rings is 2. The Kier molecular flexibility index (Phi) is 5.62. The van der Waals surface area contributed by atoms with Crippen LogP contribution in [0.2, 0.25) is 5.02 Å². The lowest BCUT2D eigenvalue weighted by Crippen LogP contribution is -2.20. The number of nitrogens with one attached hydrogen (secondary N) is 1. The number of halogens is 3. The average Bonchev–Trinajstić information content (AvgIpc) is 2.45. The second-order valence-corrected chi connectivity index (χ2v) is 6.02. The van der Waals surface area contributed by atoms with Crippen molar-refractivity contribution in [2.45, 2.75) is 12.5 Å². The van der Waals surface area contributed by atoms with Crippen molar-refractivity contribution in [2.75, 3.05) is 14.2 Å². The van der Waals surface area contributed by atoms with Crippen LogP contribution in [0.3, 0.4) is 0 Å². The van der Waals surface area contributed by atoms with Crippen LogP contribution in [0, 0.1) is 5.82 Å².